The highest BCUT2D eigenvalue weighted by atomic mass is 32.2. The van der Waals surface area contributed by atoms with Gasteiger partial charge < -0.3 is 20.1 Å². The number of ether oxygens (including phenoxy) is 2. The molecule has 0 aromatic heterocycles. The molecule has 2 N–H and O–H groups in total. The SMILES string of the molecule is C=CCOc1c(CC=C)cc(/C=C2\S[C@@H](Nc3ccc(CC)cc3)NC2=O)cc1OC. The average molecular weight is 437 g/mol. The molecule has 2 aromatic rings. The van der Waals surface area contributed by atoms with Gasteiger partial charge in [-0.05, 0) is 54.3 Å². The largest absolute Gasteiger partial charge is 0.493 e. The van der Waals surface area contributed by atoms with Gasteiger partial charge in [0.15, 0.2) is 17.0 Å². The molecule has 1 amide bonds. The molecule has 0 radical (unpaired) electrons. The van der Waals surface area contributed by atoms with Crippen LogP contribution in [0.2, 0.25) is 0 Å². The van der Waals surface area contributed by atoms with Crippen LogP contribution in [0.1, 0.15) is 23.6 Å². The first-order chi connectivity index (χ1) is 15.1. The van der Waals surface area contributed by atoms with Gasteiger partial charge in [0.1, 0.15) is 6.61 Å². The molecule has 5 nitrogen and oxygen atoms in total. The van der Waals surface area contributed by atoms with Crippen molar-refractivity contribution in [3.63, 3.8) is 0 Å². The lowest BCUT2D eigenvalue weighted by molar-refractivity contribution is -0.116. The number of aryl methyl sites for hydroxylation is 1. The van der Waals surface area contributed by atoms with Gasteiger partial charge in [0, 0.05) is 11.3 Å². The molecule has 0 spiro atoms. The Kier molecular flexibility index (Phi) is 7.84. The summed E-state index contributed by atoms with van der Waals surface area (Å²) in [6, 6.07) is 12.1. The Bertz CT molecular complexity index is 983. The van der Waals surface area contributed by atoms with Crippen molar-refractivity contribution in [2.45, 2.75) is 25.3 Å². The van der Waals surface area contributed by atoms with Crippen LogP contribution in [-0.2, 0) is 17.6 Å². The molecule has 0 aliphatic carbocycles. The lowest BCUT2D eigenvalue weighted by Crippen LogP contribution is -2.30. The van der Waals surface area contributed by atoms with E-state index in [0.717, 1.165) is 23.2 Å². The standard InChI is InChI=1S/C25H28N2O3S/c1-5-8-19-14-18(15-21(29-4)23(19)30-13-6-2)16-22-24(28)27-25(31-22)26-20-11-9-17(7-3)10-12-20/h5-6,9-12,14-16,25-26H,1-2,7-8,13H2,3-4H3,(H,27,28)/b22-16-/t25-/m0/s1. The van der Waals surface area contributed by atoms with E-state index in [1.807, 2.05) is 36.4 Å². The van der Waals surface area contributed by atoms with Gasteiger partial charge in [-0.25, -0.2) is 0 Å². The maximum atomic E-state index is 12.5. The highest BCUT2D eigenvalue weighted by Gasteiger charge is 2.27. The predicted molar refractivity (Wildman–Crippen MR) is 130 cm³/mol. The van der Waals surface area contributed by atoms with Crippen LogP contribution in [-0.4, -0.2) is 25.1 Å². The van der Waals surface area contributed by atoms with E-state index in [4.69, 9.17) is 9.47 Å². The molecule has 1 aliphatic heterocycles. The molecule has 1 atom stereocenters. The molecular formula is C25H28N2O3S. The van der Waals surface area contributed by atoms with E-state index in [1.54, 1.807) is 13.2 Å². The van der Waals surface area contributed by atoms with Gasteiger partial charge in [-0.2, -0.15) is 0 Å². The lowest BCUT2D eigenvalue weighted by atomic mass is 10.0. The third-order valence-corrected chi connectivity index (χ3v) is 5.80. The first kappa shape index (κ1) is 22.6. The van der Waals surface area contributed by atoms with Gasteiger partial charge in [0.05, 0.1) is 12.0 Å². The predicted octanol–water partition coefficient (Wildman–Crippen LogP) is 5.15. The molecule has 1 saturated heterocycles. The fourth-order valence-corrected chi connectivity index (χ4v) is 4.22. The van der Waals surface area contributed by atoms with Crippen LogP contribution >= 0.6 is 11.8 Å². The molecule has 31 heavy (non-hydrogen) atoms. The van der Waals surface area contributed by atoms with Gasteiger partial charge in [0.25, 0.3) is 5.91 Å². The van der Waals surface area contributed by atoms with Gasteiger partial charge in [0.2, 0.25) is 0 Å². The second kappa shape index (κ2) is 10.8. The minimum Gasteiger partial charge on any atom is -0.493 e. The molecule has 0 unspecified atom stereocenters. The third kappa shape index (κ3) is 5.73. The minimum atomic E-state index is -0.226. The first-order valence-corrected chi connectivity index (χ1v) is 11.1. The summed E-state index contributed by atoms with van der Waals surface area (Å²) in [6.45, 7) is 10.0. The lowest BCUT2D eigenvalue weighted by Gasteiger charge is -2.15. The smallest absolute Gasteiger partial charge is 0.260 e. The summed E-state index contributed by atoms with van der Waals surface area (Å²) < 4.78 is 11.3. The zero-order valence-electron chi connectivity index (χ0n) is 17.9. The number of carbonyl (C=O) groups excluding carboxylic acids is 1. The van der Waals surface area contributed by atoms with E-state index in [1.165, 1.54) is 17.3 Å². The van der Waals surface area contributed by atoms with Crippen molar-refractivity contribution in [2.75, 3.05) is 19.0 Å². The van der Waals surface area contributed by atoms with Crippen molar-refractivity contribution in [3.05, 3.63) is 83.3 Å². The Morgan fingerprint density at radius 1 is 1.19 bits per heavy atom. The minimum absolute atomic E-state index is 0.108. The number of rotatable bonds is 10. The fourth-order valence-electron chi connectivity index (χ4n) is 3.24. The summed E-state index contributed by atoms with van der Waals surface area (Å²) in [7, 11) is 1.60. The molecule has 0 bridgehead atoms. The van der Waals surface area contributed by atoms with Crippen molar-refractivity contribution in [1.29, 1.82) is 0 Å². The number of hydrogen-bond acceptors (Lipinski definition) is 5. The van der Waals surface area contributed by atoms with Gasteiger partial charge in [-0.3, -0.25) is 4.79 Å². The third-order valence-electron chi connectivity index (χ3n) is 4.77. The molecule has 1 aliphatic rings. The van der Waals surface area contributed by atoms with Crippen molar-refractivity contribution in [1.82, 2.24) is 5.32 Å². The summed E-state index contributed by atoms with van der Waals surface area (Å²) in [4.78, 5) is 13.2. The summed E-state index contributed by atoms with van der Waals surface area (Å²) in [5.74, 6) is 1.18. The van der Waals surface area contributed by atoms with Gasteiger partial charge >= 0.3 is 0 Å². The number of nitrogens with one attached hydrogen (secondary N) is 2. The molecule has 162 valence electrons. The van der Waals surface area contributed by atoms with Crippen LogP contribution in [0.3, 0.4) is 0 Å². The Morgan fingerprint density at radius 3 is 2.61 bits per heavy atom. The number of carbonyl (C=O) groups is 1. The number of hydrogen-bond donors (Lipinski definition) is 2. The van der Waals surface area contributed by atoms with Crippen LogP contribution in [0, 0.1) is 0 Å². The first-order valence-electron chi connectivity index (χ1n) is 10.2. The van der Waals surface area contributed by atoms with Crippen molar-refractivity contribution in [2.24, 2.45) is 0 Å². The monoisotopic (exact) mass is 436 g/mol. The molecule has 2 aromatic carbocycles. The summed E-state index contributed by atoms with van der Waals surface area (Å²) >= 11 is 1.45. The second-order valence-corrected chi connectivity index (χ2v) is 8.13. The molecule has 1 heterocycles. The topological polar surface area (TPSA) is 59.6 Å². The van der Waals surface area contributed by atoms with Crippen LogP contribution in [0.4, 0.5) is 5.69 Å². The van der Waals surface area contributed by atoms with E-state index in [2.05, 4.69) is 42.8 Å². The number of amides is 1. The number of anilines is 1. The van der Waals surface area contributed by atoms with Gasteiger partial charge in [-0.1, -0.05) is 49.5 Å². The highest BCUT2D eigenvalue weighted by Crippen LogP contribution is 2.36. The number of allylic oxidation sites excluding steroid dienone is 1. The van der Waals surface area contributed by atoms with Crippen LogP contribution in [0.15, 0.2) is 66.6 Å². The second-order valence-electron chi connectivity index (χ2n) is 6.98. The Labute approximate surface area is 188 Å². The van der Waals surface area contributed by atoms with E-state index in [0.29, 0.717) is 29.4 Å². The fraction of sp³-hybridized carbons (Fsp3) is 0.240. The van der Waals surface area contributed by atoms with E-state index in [9.17, 15) is 4.79 Å². The van der Waals surface area contributed by atoms with Crippen LogP contribution in [0.25, 0.3) is 6.08 Å². The maximum absolute atomic E-state index is 12.5. The Morgan fingerprint density at radius 2 is 1.97 bits per heavy atom. The molecule has 0 saturated carbocycles. The van der Waals surface area contributed by atoms with Crippen molar-refractivity contribution >= 4 is 29.4 Å². The normalized spacial score (nSPS) is 16.6. The Hall–Kier alpha value is -3.12. The molecular weight excluding hydrogens is 408 g/mol. The Balaban J connectivity index is 1.81. The van der Waals surface area contributed by atoms with Crippen molar-refractivity contribution < 1.29 is 14.3 Å². The summed E-state index contributed by atoms with van der Waals surface area (Å²) in [5.41, 5.74) is 3.83. The molecule has 6 heteroatoms. The molecule has 3 rings (SSSR count). The van der Waals surface area contributed by atoms with Crippen LogP contribution < -0.4 is 20.1 Å². The van der Waals surface area contributed by atoms with Gasteiger partial charge in [-0.15, -0.1) is 6.58 Å². The zero-order valence-corrected chi connectivity index (χ0v) is 18.8. The average Bonchev–Trinajstić information content (AvgIpc) is 3.11. The van der Waals surface area contributed by atoms with E-state index in [-0.39, 0.29) is 11.4 Å². The number of thioether (sulfide) groups is 1. The zero-order chi connectivity index (χ0) is 22.2. The van der Waals surface area contributed by atoms with E-state index >= 15 is 0 Å². The number of methoxy groups -OCH3 is 1. The number of benzene rings is 2. The maximum Gasteiger partial charge on any atom is 0.260 e. The van der Waals surface area contributed by atoms with Crippen molar-refractivity contribution in [3.8, 4) is 11.5 Å². The van der Waals surface area contributed by atoms with E-state index < -0.39 is 0 Å². The highest BCUT2D eigenvalue weighted by molar-refractivity contribution is 8.05. The summed E-state index contributed by atoms with van der Waals surface area (Å²) in [5, 5.41) is 6.32. The molecule has 1 fully saturated rings. The quantitative estimate of drug-likeness (QED) is 0.398. The van der Waals surface area contributed by atoms with Crippen LogP contribution in [0.5, 0.6) is 11.5 Å². The summed E-state index contributed by atoms with van der Waals surface area (Å²) in [6.07, 6.45) is 6.99.